The van der Waals surface area contributed by atoms with E-state index in [2.05, 4.69) is 33.0 Å². The average molecular weight is 539 g/mol. The number of piperazine rings is 1. The molecule has 0 amide bonds. The van der Waals surface area contributed by atoms with E-state index in [1.807, 2.05) is 18.1 Å². The number of H-pyrrole nitrogens is 1. The number of nitrogens with zero attached hydrogens (tertiary/aromatic N) is 7. The Bertz CT molecular complexity index is 1480. The smallest absolute Gasteiger partial charge is 0.191 e. The van der Waals surface area contributed by atoms with Gasteiger partial charge in [-0.3, -0.25) is 9.58 Å². The molecule has 1 fully saturated rings. The molecular weight excluding hydrogens is 506 g/mol. The molecule has 4 aromatic rings. The number of hydrogen-bond donors (Lipinski definition) is 1. The normalized spacial score (nSPS) is 16.7. The quantitative estimate of drug-likeness (QED) is 0.400. The fourth-order valence-electron chi connectivity index (χ4n) is 5.48. The van der Waals surface area contributed by atoms with E-state index < -0.39 is 11.6 Å². The fourth-order valence-corrected chi connectivity index (χ4v) is 5.48. The number of benzene rings is 1. The van der Waals surface area contributed by atoms with Crippen LogP contribution in [0.25, 0.3) is 11.0 Å². The van der Waals surface area contributed by atoms with Crippen molar-refractivity contribution in [2.75, 3.05) is 63.9 Å². The lowest BCUT2D eigenvalue weighted by Gasteiger charge is -2.39. The highest BCUT2D eigenvalue weighted by Gasteiger charge is 2.33. The van der Waals surface area contributed by atoms with Gasteiger partial charge >= 0.3 is 0 Å². The van der Waals surface area contributed by atoms with Crippen LogP contribution in [0, 0.1) is 11.6 Å². The second-order valence-corrected chi connectivity index (χ2v) is 10.2. The first kappa shape index (κ1) is 25.4. The van der Waals surface area contributed by atoms with Crippen molar-refractivity contribution in [2.24, 2.45) is 7.05 Å². The Morgan fingerprint density at radius 2 is 1.67 bits per heavy atom. The number of halogens is 2. The summed E-state index contributed by atoms with van der Waals surface area (Å²) in [5.74, 6) is -1.74. The SMILES string of the molecule is COc1cc(OC)c(F)c(N2Cc3cnc4[nH]c(CN5CCN(C)CC5)cc4c3N(c3cnn(C)c3)C2)c1F. The molecule has 1 saturated heterocycles. The van der Waals surface area contributed by atoms with E-state index >= 15 is 8.78 Å². The van der Waals surface area contributed by atoms with E-state index in [0.29, 0.717) is 0 Å². The number of nitrogens with one attached hydrogen (secondary N) is 1. The molecule has 0 radical (unpaired) electrons. The Balaban J connectivity index is 1.43. The molecule has 0 unspecified atom stereocenters. The Hall–Kier alpha value is -3.90. The summed E-state index contributed by atoms with van der Waals surface area (Å²) in [6, 6.07) is 3.37. The van der Waals surface area contributed by atoms with Crippen molar-refractivity contribution in [1.29, 1.82) is 0 Å². The lowest BCUT2D eigenvalue weighted by Crippen LogP contribution is -2.43. The summed E-state index contributed by atoms with van der Waals surface area (Å²) >= 11 is 0. The average Bonchev–Trinajstić information content (AvgIpc) is 3.55. The van der Waals surface area contributed by atoms with Crippen molar-refractivity contribution in [2.45, 2.75) is 13.1 Å². The van der Waals surface area contributed by atoms with Gasteiger partial charge in [-0.2, -0.15) is 5.10 Å². The van der Waals surface area contributed by atoms with E-state index in [0.717, 1.165) is 66.4 Å². The van der Waals surface area contributed by atoms with Gasteiger partial charge in [-0.25, -0.2) is 13.8 Å². The highest BCUT2D eigenvalue weighted by molar-refractivity contribution is 5.95. The van der Waals surface area contributed by atoms with Crippen molar-refractivity contribution in [1.82, 2.24) is 29.5 Å². The third kappa shape index (κ3) is 4.53. The zero-order chi connectivity index (χ0) is 27.3. The first-order chi connectivity index (χ1) is 18.9. The second-order valence-electron chi connectivity index (χ2n) is 10.2. The minimum absolute atomic E-state index is 0.0882. The maximum atomic E-state index is 15.5. The van der Waals surface area contributed by atoms with Gasteiger partial charge in [0.2, 0.25) is 0 Å². The molecule has 3 aromatic heterocycles. The number of methoxy groups -OCH3 is 2. The molecule has 10 nitrogen and oxygen atoms in total. The van der Waals surface area contributed by atoms with Gasteiger partial charge in [-0.1, -0.05) is 0 Å². The highest BCUT2D eigenvalue weighted by atomic mass is 19.1. The van der Waals surface area contributed by atoms with Crippen LogP contribution in [0.5, 0.6) is 11.5 Å². The Morgan fingerprint density at radius 1 is 0.949 bits per heavy atom. The summed E-state index contributed by atoms with van der Waals surface area (Å²) < 4.78 is 43.1. The lowest BCUT2D eigenvalue weighted by molar-refractivity contribution is 0.147. The topological polar surface area (TPSA) is 77.9 Å². The van der Waals surface area contributed by atoms with Crippen LogP contribution in [0.15, 0.2) is 30.7 Å². The first-order valence-electron chi connectivity index (χ1n) is 12.9. The van der Waals surface area contributed by atoms with Crippen molar-refractivity contribution in [3.8, 4) is 11.5 Å². The van der Waals surface area contributed by atoms with Gasteiger partial charge in [-0.15, -0.1) is 0 Å². The predicted molar refractivity (Wildman–Crippen MR) is 145 cm³/mol. The van der Waals surface area contributed by atoms with E-state index in [4.69, 9.17) is 14.5 Å². The van der Waals surface area contributed by atoms with E-state index in [1.165, 1.54) is 20.3 Å². The predicted octanol–water partition coefficient (Wildman–Crippen LogP) is 3.46. The molecule has 12 heteroatoms. The number of aromatic nitrogens is 4. The largest absolute Gasteiger partial charge is 0.493 e. The zero-order valence-electron chi connectivity index (χ0n) is 22.5. The monoisotopic (exact) mass is 538 g/mol. The number of likely N-dealkylation sites (N-methyl/N-ethyl adjacent to an activating group) is 1. The maximum Gasteiger partial charge on any atom is 0.191 e. The molecule has 39 heavy (non-hydrogen) atoms. The van der Waals surface area contributed by atoms with Gasteiger partial charge in [0.25, 0.3) is 0 Å². The maximum absolute atomic E-state index is 15.5. The third-order valence-corrected chi connectivity index (χ3v) is 7.56. The molecule has 206 valence electrons. The molecular formula is C27H32F2N8O2. The van der Waals surface area contributed by atoms with Crippen molar-refractivity contribution in [3.63, 3.8) is 0 Å². The number of ether oxygens (including phenoxy) is 2. The van der Waals surface area contributed by atoms with Gasteiger partial charge in [0.15, 0.2) is 23.1 Å². The molecule has 6 rings (SSSR count). The van der Waals surface area contributed by atoms with Crippen LogP contribution in [-0.2, 0) is 20.1 Å². The number of rotatable bonds is 6. The third-order valence-electron chi connectivity index (χ3n) is 7.56. The summed E-state index contributed by atoms with van der Waals surface area (Å²) in [7, 11) is 6.68. The van der Waals surface area contributed by atoms with Gasteiger partial charge in [0, 0.05) is 81.4 Å². The standard InChI is InChI=1S/C27H32F2N8O2/c1-33-5-7-35(8-6-33)14-18-9-20-25-17(11-30-27(20)32-18)13-36(16-37(25)19-12-31-34(2)15-19)26-23(28)21(38-3)10-22(39-4)24(26)29/h9-12,15H,5-8,13-14,16H2,1-4H3,(H,30,32). The highest BCUT2D eigenvalue weighted by Crippen LogP contribution is 2.43. The molecule has 0 spiro atoms. The van der Waals surface area contributed by atoms with Crippen LogP contribution in [0.2, 0.25) is 0 Å². The van der Waals surface area contributed by atoms with E-state index in [1.54, 1.807) is 22.0 Å². The van der Waals surface area contributed by atoms with Gasteiger partial charge in [0.05, 0.1) is 38.5 Å². The Kier molecular flexibility index (Phi) is 6.51. The van der Waals surface area contributed by atoms with Crippen LogP contribution in [0.3, 0.4) is 0 Å². The summed E-state index contributed by atoms with van der Waals surface area (Å²) in [4.78, 5) is 16.6. The van der Waals surface area contributed by atoms with Crippen molar-refractivity contribution >= 4 is 28.1 Å². The number of hydrogen-bond acceptors (Lipinski definition) is 8. The van der Waals surface area contributed by atoms with Crippen LogP contribution in [0.4, 0.5) is 25.8 Å². The number of aromatic amines is 1. The van der Waals surface area contributed by atoms with Gasteiger partial charge in [0.1, 0.15) is 11.3 Å². The summed E-state index contributed by atoms with van der Waals surface area (Å²) in [5, 5.41) is 5.32. The second kappa shape index (κ2) is 10.0. The number of anilines is 3. The molecule has 1 aromatic carbocycles. The van der Waals surface area contributed by atoms with E-state index in [-0.39, 0.29) is 30.4 Å². The van der Waals surface area contributed by atoms with Crippen LogP contribution in [0.1, 0.15) is 11.3 Å². The Labute approximate surface area is 225 Å². The van der Waals surface area contributed by atoms with Crippen molar-refractivity contribution < 1.29 is 18.3 Å². The Morgan fingerprint density at radius 3 is 2.31 bits per heavy atom. The molecule has 0 aliphatic carbocycles. The minimum atomic E-state index is -0.782. The molecule has 1 N–H and O–H groups in total. The van der Waals surface area contributed by atoms with Crippen LogP contribution < -0.4 is 19.3 Å². The van der Waals surface area contributed by atoms with Crippen molar-refractivity contribution in [3.05, 3.63) is 53.6 Å². The van der Waals surface area contributed by atoms with E-state index in [9.17, 15) is 0 Å². The lowest BCUT2D eigenvalue weighted by atomic mass is 10.1. The molecule has 0 saturated carbocycles. The minimum Gasteiger partial charge on any atom is -0.493 e. The fraction of sp³-hybridized carbons (Fsp3) is 0.407. The molecule has 5 heterocycles. The number of aryl methyl sites for hydroxylation is 1. The van der Waals surface area contributed by atoms with Gasteiger partial charge in [-0.05, 0) is 13.1 Å². The summed E-state index contributed by atoms with van der Waals surface area (Å²) in [6.45, 7) is 5.34. The van der Waals surface area contributed by atoms with Gasteiger partial charge < -0.3 is 29.2 Å². The molecule has 2 aliphatic heterocycles. The molecule has 2 aliphatic rings. The molecule has 0 atom stereocenters. The number of pyridine rings is 1. The first-order valence-corrected chi connectivity index (χ1v) is 12.9. The summed E-state index contributed by atoms with van der Waals surface area (Å²) in [5.41, 5.74) is 4.23. The van der Waals surface area contributed by atoms with Crippen LogP contribution >= 0.6 is 0 Å². The summed E-state index contributed by atoms with van der Waals surface area (Å²) in [6.07, 6.45) is 5.41. The number of fused-ring (bicyclic) bond motifs is 3. The van der Waals surface area contributed by atoms with Crippen LogP contribution in [-0.4, -0.2) is 83.7 Å². The zero-order valence-corrected chi connectivity index (χ0v) is 22.5. The molecule has 0 bridgehead atoms.